The zero-order valence-corrected chi connectivity index (χ0v) is 19.1. The van der Waals surface area contributed by atoms with Crippen molar-refractivity contribution < 1.29 is 0 Å². The van der Waals surface area contributed by atoms with E-state index in [0.717, 1.165) is 51.3 Å². The maximum atomic E-state index is 11.7. The Bertz CT molecular complexity index is 1530. The molecule has 0 aliphatic carbocycles. The van der Waals surface area contributed by atoms with Crippen molar-refractivity contribution in [3.05, 3.63) is 83.2 Å². The highest BCUT2D eigenvalue weighted by Gasteiger charge is 2.17. The number of nitrogens with one attached hydrogen (secondary N) is 1. The molecule has 0 radical (unpaired) electrons. The molecule has 170 valence electrons. The van der Waals surface area contributed by atoms with Gasteiger partial charge in [0.05, 0.1) is 11.9 Å². The average molecular weight is 451 g/mol. The number of likely N-dealkylation sites (tertiary alicyclic amines) is 1. The van der Waals surface area contributed by atoms with Gasteiger partial charge in [-0.05, 0) is 74.6 Å². The van der Waals surface area contributed by atoms with Gasteiger partial charge in [-0.2, -0.15) is 5.10 Å². The van der Waals surface area contributed by atoms with Gasteiger partial charge in [-0.15, -0.1) is 0 Å². The van der Waals surface area contributed by atoms with Crippen LogP contribution in [-0.4, -0.2) is 49.6 Å². The number of aromatic amines is 1. The van der Waals surface area contributed by atoms with Gasteiger partial charge >= 0.3 is 0 Å². The Morgan fingerprint density at radius 2 is 1.85 bits per heavy atom. The standard InChI is InChI=1S/C27H26N6O/c1-32-11-9-18(10-12-32)13-19-5-7-24(28-14-19)20-15-29-27-23(16-30-33(27)17-20)21-3-2-4-25-22(21)6-8-26(34)31-25/h2-8,14-18H,9-13H2,1H3,(H,31,34). The molecule has 1 aliphatic heterocycles. The summed E-state index contributed by atoms with van der Waals surface area (Å²) in [4.78, 5) is 26.5. The van der Waals surface area contributed by atoms with E-state index >= 15 is 0 Å². The first kappa shape index (κ1) is 20.7. The fourth-order valence-corrected chi connectivity index (χ4v) is 4.93. The van der Waals surface area contributed by atoms with Gasteiger partial charge in [0, 0.05) is 46.7 Å². The minimum absolute atomic E-state index is 0.114. The molecule has 0 spiro atoms. The molecule has 1 saturated heterocycles. The molecule has 0 unspecified atom stereocenters. The molecule has 5 aromatic rings. The monoisotopic (exact) mass is 450 g/mol. The van der Waals surface area contributed by atoms with E-state index in [4.69, 9.17) is 9.97 Å². The second-order valence-corrected chi connectivity index (χ2v) is 9.26. The number of pyridine rings is 2. The van der Waals surface area contributed by atoms with Gasteiger partial charge in [0.25, 0.3) is 0 Å². The van der Waals surface area contributed by atoms with Crippen molar-refractivity contribution in [1.29, 1.82) is 0 Å². The van der Waals surface area contributed by atoms with Gasteiger partial charge in [0.15, 0.2) is 5.65 Å². The Balaban J connectivity index is 1.28. The summed E-state index contributed by atoms with van der Waals surface area (Å²) in [5, 5.41) is 5.52. The number of fused-ring (bicyclic) bond motifs is 2. The first-order valence-electron chi connectivity index (χ1n) is 11.7. The third-order valence-electron chi connectivity index (χ3n) is 6.89. The maximum Gasteiger partial charge on any atom is 0.248 e. The summed E-state index contributed by atoms with van der Waals surface area (Å²) in [6.45, 7) is 2.37. The van der Waals surface area contributed by atoms with Crippen LogP contribution in [0.5, 0.6) is 0 Å². The van der Waals surface area contributed by atoms with Crippen molar-refractivity contribution >= 4 is 16.6 Å². The third kappa shape index (κ3) is 3.88. The summed E-state index contributed by atoms with van der Waals surface area (Å²) in [5.74, 6) is 0.747. The summed E-state index contributed by atoms with van der Waals surface area (Å²) in [7, 11) is 2.20. The SMILES string of the molecule is CN1CCC(Cc2ccc(-c3cnc4c(-c5cccc6[nH]c(=O)ccc56)cnn4c3)nc2)CC1. The minimum atomic E-state index is -0.114. The second kappa shape index (κ2) is 8.50. The third-order valence-corrected chi connectivity index (χ3v) is 6.89. The number of H-pyrrole nitrogens is 1. The average Bonchev–Trinajstić information content (AvgIpc) is 3.28. The molecule has 1 aliphatic rings. The largest absolute Gasteiger partial charge is 0.322 e. The maximum absolute atomic E-state index is 11.7. The molecule has 1 aromatic carbocycles. The smallest absolute Gasteiger partial charge is 0.248 e. The quantitative estimate of drug-likeness (QED) is 0.444. The molecule has 1 N–H and O–H groups in total. The van der Waals surface area contributed by atoms with Crippen molar-refractivity contribution in [2.45, 2.75) is 19.3 Å². The second-order valence-electron chi connectivity index (χ2n) is 9.26. The lowest BCUT2D eigenvalue weighted by atomic mass is 9.91. The van der Waals surface area contributed by atoms with Gasteiger partial charge < -0.3 is 9.88 Å². The van der Waals surface area contributed by atoms with E-state index in [-0.39, 0.29) is 5.56 Å². The van der Waals surface area contributed by atoms with E-state index < -0.39 is 0 Å². The van der Waals surface area contributed by atoms with Crippen molar-refractivity contribution in [2.75, 3.05) is 20.1 Å². The van der Waals surface area contributed by atoms with Gasteiger partial charge in [0.1, 0.15) is 0 Å². The Morgan fingerprint density at radius 3 is 2.68 bits per heavy atom. The number of benzene rings is 1. The molecule has 7 nitrogen and oxygen atoms in total. The van der Waals surface area contributed by atoms with Crippen LogP contribution in [0.1, 0.15) is 18.4 Å². The lowest BCUT2D eigenvalue weighted by molar-refractivity contribution is 0.219. The summed E-state index contributed by atoms with van der Waals surface area (Å²) in [5.41, 5.74) is 6.47. The summed E-state index contributed by atoms with van der Waals surface area (Å²) in [6, 6.07) is 13.5. The van der Waals surface area contributed by atoms with Crippen molar-refractivity contribution in [3.8, 4) is 22.4 Å². The number of nitrogens with zero attached hydrogens (tertiary/aromatic N) is 5. The molecule has 7 heteroatoms. The molecule has 0 saturated carbocycles. The lowest BCUT2D eigenvalue weighted by Gasteiger charge is -2.28. The van der Waals surface area contributed by atoms with Crippen LogP contribution in [0.4, 0.5) is 0 Å². The molecule has 0 amide bonds. The highest BCUT2D eigenvalue weighted by molar-refractivity contribution is 5.97. The Morgan fingerprint density at radius 1 is 0.971 bits per heavy atom. The molecule has 0 bridgehead atoms. The zero-order chi connectivity index (χ0) is 23.1. The number of piperidine rings is 1. The normalized spacial score (nSPS) is 15.3. The lowest BCUT2D eigenvalue weighted by Crippen LogP contribution is -2.30. The van der Waals surface area contributed by atoms with E-state index in [0.29, 0.717) is 0 Å². The van der Waals surface area contributed by atoms with E-state index in [1.807, 2.05) is 49.1 Å². The van der Waals surface area contributed by atoms with Crippen LogP contribution in [0.3, 0.4) is 0 Å². The van der Waals surface area contributed by atoms with Gasteiger partial charge in [-0.3, -0.25) is 9.78 Å². The highest BCUT2D eigenvalue weighted by atomic mass is 16.1. The number of aromatic nitrogens is 5. The topological polar surface area (TPSA) is 79.2 Å². The summed E-state index contributed by atoms with van der Waals surface area (Å²) in [6.07, 6.45) is 11.3. The number of hydrogen-bond acceptors (Lipinski definition) is 5. The number of hydrogen-bond donors (Lipinski definition) is 1. The van der Waals surface area contributed by atoms with Crippen LogP contribution in [-0.2, 0) is 6.42 Å². The minimum Gasteiger partial charge on any atom is -0.322 e. The van der Waals surface area contributed by atoms with Crippen LogP contribution in [0.15, 0.2) is 72.0 Å². The molecular formula is C27H26N6O. The van der Waals surface area contributed by atoms with Crippen molar-refractivity contribution in [1.82, 2.24) is 29.5 Å². The van der Waals surface area contributed by atoms with Crippen LogP contribution in [0.2, 0.25) is 0 Å². The van der Waals surface area contributed by atoms with E-state index in [1.54, 1.807) is 10.6 Å². The predicted octanol–water partition coefficient (Wildman–Crippen LogP) is 4.18. The summed E-state index contributed by atoms with van der Waals surface area (Å²) < 4.78 is 1.79. The summed E-state index contributed by atoms with van der Waals surface area (Å²) >= 11 is 0. The molecule has 6 rings (SSSR count). The van der Waals surface area contributed by atoms with Crippen LogP contribution < -0.4 is 5.56 Å². The Hall–Kier alpha value is -3.84. The van der Waals surface area contributed by atoms with E-state index in [9.17, 15) is 4.79 Å². The van der Waals surface area contributed by atoms with Crippen LogP contribution >= 0.6 is 0 Å². The molecule has 0 atom stereocenters. The fourth-order valence-electron chi connectivity index (χ4n) is 4.93. The van der Waals surface area contributed by atoms with Gasteiger partial charge in [0.2, 0.25) is 5.56 Å². The van der Waals surface area contributed by atoms with Gasteiger partial charge in [-0.25, -0.2) is 9.50 Å². The van der Waals surface area contributed by atoms with Crippen LogP contribution in [0.25, 0.3) is 38.9 Å². The van der Waals surface area contributed by atoms with Crippen molar-refractivity contribution in [3.63, 3.8) is 0 Å². The number of rotatable bonds is 4. The highest BCUT2D eigenvalue weighted by Crippen LogP contribution is 2.30. The predicted molar refractivity (Wildman–Crippen MR) is 134 cm³/mol. The van der Waals surface area contributed by atoms with E-state index in [2.05, 4.69) is 34.2 Å². The fraction of sp³-hybridized carbons (Fsp3) is 0.259. The van der Waals surface area contributed by atoms with Crippen LogP contribution in [0, 0.1) is 5.92 Å². The first-order chi connectivity index (χ1) is 16.6. The Labute approximate surface area is 197 Å². The van der Waals surface area contributed by atoms with Crippen molar-refractivity contribution in [2.24, 2.45) is 5.92 Å². The molecule has 5 heterocycles. The Kier molecular flexibility index (Phi) is 5.19. The van der Waals surface area contributed by atoms with E-state index in [1.165, 1.54) is 31.5 Å². The first-order valence-corrected chi connectivity index (χ1v) is 11.7. The molecule has 1 fully saturated rings. The molecule has 34 heavy (non-hydrogen) atoms. The zero-order valence-electron chi connectivity index (χ0n) is 19.1. The molecule has 4 aromatic heterocycles. The molecular weight excluding hydrogens is 424 g/mol. The van der Waals surface area contributed by atoms with Gasteiger partial charge in [-0.1, -0.05) is 18.2 Å².